The normalized spacial score (nSPS) is 10.1. The molecule has 0 saturated heterocycles. The predicted octanol–water partition coefficient (Wildman–Crippen LogP) is 2.42. The standard InChI is InChI=1S/C11H9F2NO3/c1-2-6-3-7(10(15)16)4-8(5-14)9(6)17-11(12)13/h3-4,11H,2H2,1H3,(H,15,16). The molecule has 0 unspecified atom stereocenters. The zero-order chi connectivity index (χ0) is 13.0. The van der Waals surface area contributed by atoms with Crippen LogP contribution >= 0.6 is 0 Å². The summed E-state index contributed by atoms with van der Waals surface area (Å²) < 4.78 is 28.6. The molecule has 0 aromatic heterocycles. The number of hydrogen-bond acceptors (Lipinski definition) is 3. The fourth-order valence-electron chi connectivity index (χ4n) is 1.39. The van der Waals surface area contributed by atoms with Gasteiger partial charge in [-0.1, -0.05) is 6.92 Å². The minimum atomic E-state index is -3.05. The minimum Gasteiger partial charge on any atom is -0.478 e. The Morgan fingerprint density at radius 3 is 2.65 bits per heavy atom. The van der Waals surface area contributed by atoms with Gasteiger partial charge in [-0.05, 0) is 24.1 Å². The molecule has 0 fully saturated rings. The third kappa shape index (κ3) is 2.91. The van der Waals surface area contributed by atoms with Gasteiger partial charge in [-0.15, -0.1) is 0 Å². The summed E-state index contributed by atoms with van der Waals surface area (Å²) in [4.78, 5) is 10.8. The number of benzene rings is 1. The molecule has 0 atom stereocenters. The molecule has 1 rings (SSSR count). The fourth-order valence-corrected chi connectivity index (χ4v) is 1.39. The molecular weight excluding hydrogens is 232 g/mol. The van der Waals surface area contributed by atoms with Gasteiger partial charge in [-0.3, -0.25) is 0 Å². The van der Waals surface area contributed by atoms with E-state index in [1.54, 1.807) is 13.0 Å². The van der Waals surface area contributed by atoms with Crippen LogP contribution in [-0.2, 0) is 6.42 Å². The zero-order valence-corrected chi connectivity index (χ0v) is 8.91. The highest BCUT2D eigenvalue weighted by Gasteiger charge is 2.17. The highest BCUT2D eigenvalue weighted by Crippen LogP contribution is 2.27. The predicted molar refractivity (Wildman–Crippen MR) is 54.1 cm³/mol. The first-order chi connectivity index (χ1) is 7.99. The molecule has 0 amide bonds. The molecule has 90 valence electrons. The maximum Gasteiger partial charge on any atom is 0.387 e. The van der Waals surface area contributed by atoms with Gasteiger partial charge in [0, 0.05) is 0 Å². The number of ether oxygens (including phenoxy) is 1. The highest BCUT2D eigenvalue weighted by atomic mass is 19.3. The Labute approximate surface area is 96.0 Å². The number of alkyl halides is 2. The van der Waals surface area contributed by atoms with Crippen LogP contribution in [0.1, 0.15) is 28.4 Å². The van der Waals surface area contributed by atoms with Crippen LogP contribution in [0.25, 0.3) is 0 Å². The van der Waals surface area contributed by atoms with E-state index in [9.17, 15) is 13.6 Å². The Morgan fingerprint density at radius 1 is 1.59 bits per heavy atom. The first-order valence-electron chi connectivity index (χ1n) is 4.74. The third-order valence-electron chi connectivity index (χ3n) is 2.12. The number of nitrogens with zero attached hydrogens (tertiary/aromatic N) is 1. The fraction of sp³-hybridized carbons (Fsp3) is 0.273. The molecule has 0 radical (unpaired) electrons. The van der Waals surface area contributed by atoms with E-state index < -0.39 is 12.6 Å². The van der Waals surface area contributed by atoms with Gasteiger partial charge in [0.15, 0.2) is 0 Å². The Balaban J connectivity index is 3.37. The molecule has 4 nitrogen and oxygen atoms in total. The average molecular weight is 241 g/mol. The van der Waals surface area contributed by atoms with Gasteiger partial charge in [-0.2, -0.15) is 14.0 Å². The van der Waals surface area contributed by atoms with Crippen LogP contribution in [0.4, 0.5) is 8.78 Å². The van der Waals surface area contributed by atoms with Crippen molar-refractivity contribution in [1.29, 1.82) is 5.26 Å². The van der Waals surface area contributed by atoms with E-state index in [4.69, 9.17) is 10.4 Å². The lowest BCUT2D eigenvalue weighted by Crippen LogP contribution is -2.08. The van der Waals surface area contributed by atoms with E-state index in [1.165, 1.54) is 6.07 Å². The summed E-state index contributed by atoms with van der Waals surface area (Å²) in [5.41, 5.74) is -0.0659. The van der Waals surface area contributed by atoms with Gasteiger partial charge in [0.1, 0.15) is 11.8 Å². The molecule has 0 saturated carbocycles. The Bertz CT molecular complexity index is 480. The van der Waals surface area contributed by atoms with Crippen molar-refractivity contribution in [3.8, 4) is 11.8 Å². The van der Waals surface area contributed by atoms with Gasteiger partial charge >= 0.3 is 12.6 Å². The molecule has 0 aliphatic rings. The number of halogens is 2. The van der Waals surface area contributed by atoms with Crippen LogP contribution in [0.15, 0.2) is 12.1 Å². The Kier molecular flexibility index (Phi) is 3.99. The number of nitriles is 1. The summed E-state index contributed by atoms with van der Waals surface area (Å²) in [6.45, 7) is -1.40. The molecule has 0 aliphatic carbocycles. The van der Waals surface area contributed by atoms with Gasteiger partial charge in [0.2, 0.25) is 0 Å². The molecule has 1 aromatic rings. The van der Waals surface area contributed by atoms with Crippen molar-refractivity contribution in [2.45, 2.75) is 20.0 Å². The number of aromatic carboxylic acids is 1. The molecular formula is C11H9F2NO3. The maximum atomic E-state index is 12.2. The lowest BCUT2D eigenvalue weighted by molar-refractivity contribution is -0.0506. The second-order valence-electron chi connectivity index (χ2n) is 3.16. The van der Waals surface area contributed by atoms with E-state index in [0.29, 0.717) is 0 Å². The van der Waals surface area contributed by atoms with E-state index in [-0.39, 0.29) is 28.9 Å². The van der Waals surface area contributed by atoms with Crippen molar-refractivity contribution < 1.29 is 23.4 Å². The van der Waals surface area contributed by atoms with Gasteiger partial charge in [0.05, 0.1) is 11.1 Å². The number of carbonyl (C=O) groups is 1. The SMILES string of the molecule is CCc1cc(C(=O)O)cc(C#N)c1OC(F)F. The number of hydrogen-bond donors (Lipinski definition) is 1. The number of carboxylic acids is 1. The van der Waals surface area contributed by atoms with Crippen molar-refractivity contribution in [2.75, 3.05) is 0 Å². The van der Waals surface area contributed by atoms with Crippen LogP contribution in [0.3, 0.4) is 0 Å². The Morgan fingerprint density at radius 2 is 2.24 bits per heavy atom. The van der Waals surface area contributed by atoms with Gasteiger partial charge in [0.25, 0.3) is 0 Å². The monoisotopic (exact) mass is 241 g/mol. The summed E-state index contributed by atoms with van der Waals surface area (Å²) in [6, 6.07) is 3.89. The first kappa shape index (κ1) is 12.9. The number of carboxylic acid groups (broad SMARTS) is 1. The second-order valence-corrected chi connectivity index (χ2v) is 3.16. The lowest BCUT2D eigenvalue weighted by atomic mass is 10.0. The Hall–Kier alpha value is -2.16. The molecule has 6 heteroatoms. The van der Waals surface area contributed by atoms with Gasteiger partial charge in [-0.25, -0.2) is 4.79 Å². The maximum absolute atomic E-state index is 12.2. The minimum absolute atomic E-state index is 0.125. The van der Waals surface area contributed by atoms with Gasteiger partial charge < -0.3 is 9.84 Å². The molecule has 1 aromatic carbocycles. The van der Waals surface area contributed by atoms with Crippen LogP contribution < -0.4 is 4.74 Å². The van der Waals surface area contributed by atoms with Crippen molar-refractivity contribution in [3.05, 3.63) is 28.8 Å². The summed E-state index contributed by atoms with van der Waals surface area (Å²) in [5.74, 6) is -1.48. The van der Waals surface area contributed by atoms with E-state index in [0.717, 1.165) is 6.07 Å². The van der Waals surface area contributed by atoms with Crippen LogP contribution in [0.2, 0.25) is 0 Å². The number of aryl methyl sites for hydroxylation is 1. The molecule has 0 spiro atoms. The average Bonchev–Trinajstić information content (AvgIpc) is 2.28. The molecule has 17 heavy (non-hydrogen) atoms. The van der Waals surface area contributed by atoms with E-state index >= 15 is 0 Å². The molecule has 0 heterocycles. The van der Waals surface area contributed by atoms with E-state index in [2.05, 4.69) is 4.74 Å². The molecule has 1 N–H and O–H groups in total. The lowest BCUT2D eigenvalue weighted by Gasteiger charge is -2.12. The number of rotatable bonds is 4. The summed E-state index contributed by atoms with van der Waals surface area (Å²) in [7, 11) is 0. The first-order valence-corrected chi connectivity index (χ1v) is 4.74. The highest BCUT2D eigenvalue weighted by molar-refractivity contribution is 5.89. The zero-order valence-electron chi connectivity index (χ0n) is 8.91. The van der Waals surface area contributed by atoms with Crippen molar-refractivity contribution in [1.82, 2.24) is 0 Å². The molecule has 0 bridgehead atoms. The summed E-state index contributed by atoms with van der Waals surface area (Å²) in [6.07, 6.45) is 0.290. The smallest absolute Gasteiger partial charge is 0.387 e. The largest absolute Gasteiger partial charge is 0.478 e. The van der Waals surface area contributed by atoms with Crippen molar-refractivity contribution in [3.63, 3.8) is 0 Å². The van der Waals surface area contributed by atoms with Crippen LogP contribution in [0, 0.1) is 11.3 Å². The third-order valence-corrected chi connectivity index (χ3v) is 2.12. The van der Waals surface area contributed by atoms with E-state index in [1.807, 2.05) is 0 Å². The summed E-state index contributed by atoms with van der Waals surface area (Å²) >= 11 is 0. The molecule has 0 aliphatic heterocycles. The van der Waals surface area contributed by atoms with Crippen molar-refractivity contribution in [2.24, 2.45) is 0 Å². The summed E-state index contributed by atoms with van der Waals surface area (Å²) in [5, 5.41) is 17.6. The van der Waals surface area contributed by atoms with Crippen LogP contribution in [-0.4, -0.2) is 17.7 Å². The topological polar surface area (TPSA) is 70.3 Å². The van der Waals surface area contributed by atoms with Crippen molar-refractivity contribution >= 4 is 5.97 Å². The second kappa shape index (κ2) is 5.25. The van der Waals surface area contributed by atoms with Crippen LogP contribution in [0.5, 0.6) is 5.75 Å². The quantitative estimate of drug-likeness (QED) is 0.878.